The van der Waals surface area contributed by atoms with Crippen LogP contribution in [0.2, 0.25) is 0 Å². The van der Waals surface area contributed by atoms with Crippen LogP contribution in [0.25, 0.3) is 0 Å². The summed E-state index contributed by atoms with van der Waals surface area (Å²) in [5.74, 6) is -3.52. The second kappa shape index (κ2) is 11.0. The summed E-state index contributed by atoms with van der Waals surface area (Å²) >= 11 is 0. The molecule has 0 radical (unpaired) electrons. The number of benzene rings is 3. The number of aliphatic carboxylic acids is 1. The molecule has 0 heterocycles. The van der Waals surface area contributed by atoms with Crippen LogP contribution < -0.4 is 10.6 Å². The molecule has 0 saturated carbocycles. The van der Waals surface area contributed by atoms with E-state index in [2.05, 4.69) is 10.6 Å². The average molecular weight is 450 g/mol. The van der Waals surface area contributed by atoms with Gasteiger partial charge in [0.15, 0.2) is 6.10 Å². The van der Waals surface area contributed by atoms with Gasteiger partial charge in [-0.2, -0.15) is 0 Å². The monoisotopic (exact) mass is 450 g/mol. The summed E-state index contributed by atoms with van der Waals surface area (Å²) in [5.41, 5.74) is 0.885. The van der Waals surface area contributed by atoms with Gasteiger partial charge in [0.1, 0.15) is 11.9 Å². The molecule has 0 aliphatic carbocycles. The smallest absolute Gasteiger partial charge is 0.326 e. The summed E-state index contributed by atoms with van der Waals surface area (Å²) in [7, 11) is 0. The molecule has 0 aliphatic rings. The van der Waals surface area contributed by atoms with E-state index in [1.807, 2.05) is 0 Å². The number of aliphatic hydroxyl groups excluding tert-OH is 1. The maximum absolute atomic E-state index is 14.0. The number of halogens is 1. The van der Waals surface area contributed by atoms with Gasteiger partial charge in [-0.15, -0.1) is 0 Å². The number of carbonyl (C=O) groups is 3. The lowest BCUT2D eigenvalue weighted by atomic mass is 9.99. The summed E-state index contributed by atoms with van der Waals surface area (Å²) in [5, 5.41) is 25.2. The van der Waals surface area contributed by atoms with Crippen molar-refractivity contribution in [2.45, 2.75) is 24.6 Å². The van der Waals surface area contributed by atoms with Gasteiger partial charge in [0.25, 0.3) is 11.8 Å². The lowest BCUT2D eigenvalue weighted by molar-refractivity contribution is -0.143. The molecule has 33 heavy (non-hydrogen) atoms. The number of hydrogen-bond donors (Lipinski definition) is 4. The third kappa shape index (κ3) is 6.24. The van der Waals surface area contributed by atoms with Gasteiger partial charge in [-0.05, 0) is 29.3 Å². The standard InChI is InChI=1S/C25H23FN2O5/c26-19-14-8-7-13-18(19)15-20(25(32)33)27-24(31)22(29)21(16-9-3-1-4-10-16)28-23(30)17-11-5-2-6-12-17/h1-14,20-22,29H,15H2,(H,27,31)(H,28,30)(H,32,33)/t20-,21+,22-/m1/s1. The van der Waals surface area contributed by atoms with E-state index < -0.39 is 41.8 Å². The molecule has 3 aromatic rings. The van der Waals surface area contributed by atoms with Crippen molar-refractivity contribution >= 4 is 17.8 Å². The van der Waals surface area contributed by atoms with Crippen LogP contribution in [0.4, 0.5) is 4.39 Å². The van der Waals surface area contributed by atoms with Crippen LogP contribution in [0.3, 0.4) is 0 Å². The Kier molecular flexibility index (Phi) is 7.88. The van der Waals surface area contributed by atoms with Gasteiger partial charge in [-0.25, -0.2) is 9.18 Å². The van der Waals surface area contributed by atoms with Gasteiger partial charge >= 0.3 is 5.97 Å². The molecule has 8 heteroatoms. The highest BCUT2D eigenvalue weighted by Crippen LogP contribution is 2.19. The van der Waals surface area contributed by atoms with Crippen LogP contribution in [-0.2, 0) is 16.0 Å². The Labute approximate surface area is 189 Å². The summed E-state index contributed by atoms with van der Waals surface area (Å²) in [6.07, 6.45) is -2.12. The number of amides is 2. The van der Waals surface area contributed by atoms with Crippen LogP contribution in [0.1, 0.15) is 27.5 Å². The molecular weight excluding hydrogens is 427 g/mol. The summed E-state index contributed by atoms with van der Waals surface area (Å²) in [6.45, 7) is 0. The van der Waals surface area contributed by atoms with Crippen LogP contribution in [0.15, 0.2) is 84.9 Å². The van der Waals surface area contributed by atoms with Crippen molar-refractivity contribution in [2.75, 3.05) is 0 Å². The molecule has 4 N–H and O–H groups in total. The normalized spacial score (nSPS) is 13.4. The first-order chi connectivity index (χ1) is 15.9. The van der Waals surface area contributed by atoms with Gasteiger partial charge in [0, 0.05) is 12.0 Å². The van der Waals surface area contributed by atoms with Crippen LogP contribution in [0, 0.1) is 5.82 Å². The van der Waals surface area contributed by atoms with Crippen molar-refractivity contribution in [3.05, 3.63) is 107 Å². The van der Waals surface area contributed by atoms with Crippen molar-refractivity contribution < 1.29 is 29.0 Å². The maximum Gasteiger partial charge on any atom is 0.326 e. The number of aliphatic hydroxyl groups is 1. The van der Waals surface area contributed by atoms with E-state index in [9.17, 15) is 29.0 Å². The number of carboxylic acid groups (broad SMARTS) is 1. The Morgan fingerprint density at radius 1 is 0.818 bits per heavy atom. The molecule has 2 amide bonds. The molecule has 3 rings (SSSR count). The van der Waals surface area contributed by atoms with Crippen LogP contribution in [-0.4, -0.2) is 40.1 Å². The number of carbonyl (C=O) groups excluding carboxylic acids is 2. The van der Waals surface area contributed by atoms with Gasteiger partial charge in [-0.3, -0.25) is 9.59 Å². The predicted molar refractivity (Wildman–Crippen MR) is 119 cm³/mol. The second-order valence-corrected chi connectivity index (χ2v) is 7.37. The number of hydrogen-bond acceptors (Lipinski definition) is 4. The highest BCUT2D eigenvalue weighted by Gasteiger charge is 2.32. The predicted octanol–water partition coefficient (Wildman–Crippen LogP) is 2.47. The van der Waals surface area contributed by atoms with E-state index in [1.165, 1.54) is 18.2 Å². The van der Waals surface area contributed by atoms with Crippen molar-refractivity contribution in [1.82, 2.24) is 10.6 Å². The zero-order valence-corrected chi connectivity index (χ0v) is 17.5. The lowest BCUT2D eigenvalue weighted by Crippen LogP contribution is -2.50. The number of rotatable bonds is 9. The molecule has 170 valence electrons. The first-order valence-electron chi connectivity index (χ1n) is 10.2. The topological polar surface area (TPSA) is 116 Å². The Morgan fingerprint density at radius 3 is 2.00 bits per heavy atom. The fourth-order valence-electron chi connectivity index (χ4n) is 3.31. The molecule has 0 aromatic heterocycles. The molecule has 0 saturated heterocycles. The minimum absolute atomic E-state index is 0.108. The van der Waals surface area contributed by atoms with E-state index in [-0.39, 0.29) is 12.0 Å². The third-order valence-electron chi connectivity index (χ3n) is 5.06. The van der Waals surface area contributed by atoms with Crippen molar-refractivity contribution in [1.29, 1.82) is 0 Å². The molecule has 0 unspecified atom stereocenters. The Balaban J connectivity index is 1.79. The first-order valence-corrected chi connectivity index (χ1v) is 10.2. The van der Waals surface area contributed by atoms with Crippen molar-refractivity contribution in [3.63, 3.8) is 0 Å². The summed E-state index contributed by atoms with van der Waals surface area (Å²) in [4.78, 5) is 37.2. The zero-order chi connectivity index (χ0) is 23.8. The minimum atomic E-state index is -1.80. The fraction of sp³-hybridized carbons (Fsp3) is 0.160. The Morgan fingerprint density at radius 2 is 1.39 bits per heavy atom. The van der Waals surface area contributed by atoms with Gasteiger partial charge in [0.05, 0.1) is 6.04 Å². The minimum Gasteiger partial charge on any atom is -0.480 e. The van der Waals surface area contributed by atoms with E-state index in [0.29, 0.717) is 11.1 Å². The molecule has 7 nitrogen and oxygen atoms in total. The van der Waals surface area contributed by atoms with Gasteiger partial charge < -0.3 is 20.8 Å². The Bertz CT molecular complexity index is 1110. The van der Waals surface area contributed by atoms with Gasteiger partial charge in [0.2, 0.25) is 0 Å². The molecule has 0 bridgehead atoms. The maximum atomic E-state index is 14.0. The molecule has 0 aliphatic heterocycles. The largest absolute Gasteiger partial charge is 0.480 e. The quantitative estimate of drug-likeness (QED) is 0.400. The van der Waals surface area contributed by atoms with Crippen molar-refractivity contribution in [2.24, 2.45) is 0 Å². The van der Waals surface area contributed by atoms with Crippen LogP contribution in [0.5, 0.6) is 0 Å². The molecule has 0 spiro atoms. The molecule has 3 aromatic carbocycles. The Hall–Kier alpha value is -4.04. The summed E-state index contributed by atoms with van der Waals surface area (Å²) in [6, 6.07) is 19.6. The van der Waals surface area contributed by atoms with Crippen LogP contribution >= 0.6 is 0 Å². The highest BCUT2D eigenvalue weighted by molar-refractivity contribution is 5.95. The number of carboxylic acids is 1. The SMILES string of the molecule is O=C(N[C@@H](c1ccccc1)[C@@H](O)C(=O)N[C@H](Cc1ccccc1F)C(=O)O)c1ccccc1. The zero-order valence-electron chi connectivity index (χ0n) is 17.5. The fourth-order valence-corrected chi connectivity index (χ4v) is 3.31. The van der Waals surface area contributed by atoms with E-state index in [4.69, 9.17) is 0 Å². The lowest BCUT2D eigenvalue weighted by Gasteiger charge is -2.25. The second-order valence-electron chi connectivity index (χ2n) is 7.37. The summed E-state index contributed by atoms with van der Waals surface area (Å²) < 4.78 is 14.0. The van der Waals surface area contributed by atoms with E-state index in [1.54, 1.807) is 66.7 Å². The first kappa shape index (κ1) is 23.6. The van der Waals surface area contributed by atoms with Gasteiger partial charge in [-0.1, -0.05) is 66.7 Å². The van der Waals surface area contributed by atoms with E-state index in [0.717, 1.165) is 0 Å². The molecule has 0 fully saturated rings. The average Bonchev–Trinajstić information content (AvgIpc) is 2.83. The third-order valence-corrected chi connectivity index (χ3v) is 5.06. The molecular formula is C25H23FN2O5. The van der Waals surface area contributed by atoms with E-state index >= 15 is 0 Å². The molecule has 3 atom stereocenters. The van der Waals surface area contributed by atoms with Crippen molar-refractivity contribution in [3.8, 4) is 0 Å². The highest BCUT2D eigenvalue weighted by atomic mass is 19.1. The number of nitrogens with one attached hydrogen (secondary N) is 2.